The molecule has 1 aromatic carbocycles. The molecule has 0 bridgehead atoms. The van der Waals surface area contributed by atoms with Crippen LogP contribution in [0.5, 0.6) is 5.75 Å². The Morgan fingerprint density at radius 1 is 1.38 bits per heavy atom. The van der Waals surface area contributed by atoms with Crippen LogP contribution in [-0.4, -0.2) is 11.4 Å². The second-order valence-electron chi connectivity index (χ2n) is 4.35. The van der Waals surface area contributed by atoms with Gasteiger partial charge in [0.1, 0.15) is 11.4 Å². The number of ketones is 1. The summed E-state index contributed by atoms with van der Waals surface area (Å²) in [5.41, 5.74) is 6.66. The van der Waals surface area contributed by atoms with Gasteiger partial charge in [-0.2, -0.15) is 0 Å². The van der Waals surface area contributed by atoms with E-state index in [1.165, 1.54) is 0 Å². The molecule has 0 saturated carbocycles. The summed E-state index contributed by atoms with van der Waals surface area (Å²) >= 11 is 0. The third-order valence-electron chi connectivity index (χ3n) is 3.40. The summed E-state index contributed by atoms with van der Waals surface area (Å²) in [6, 6.07) is 5.24. The maximum atomic E-state index is 12.0. The predicted molar refractivity (Wildman–Crippen MR) is 63.7 cm³/mol. The fourth-order valence-corrected chi connectivity index (χ4v) is 2.16. The zero-order valence-corrected chi connectivity index (χ0v) is 9.75. The van der Waals surface area contributed by atoms with Gasteiger partial charge in [-0.3, -0.25) is 4.79 Å². The molecule has 3 heteroatoms. The normalized spacial score (nSPS) is 17.8. The molecular formula is C13H17NO2. The Hall–Kier alpha value is -1.51. The molecule has 0 atom stereocenters. The highest BCUT2D eigenvalue weighted by atomic mass is 16.5. The fourth-order valence-electron chi connectivity index (χ4n) is 2.16. The molecule has 0 aromatic heterocycles. The Bertz CT molecular complexity index is 422. The van der Waals surface area contributed by atoms with Gasteiger partial charge < -0.3 is 10.5 Å². The second kappa shape index (κ2) is 3.81. The molecule has 0 amide bonds. The summed E-state index contributed by atoms with van der Waals surface area (Å²) in [6.45, 7) is 4.10. The van der Waals surface area contributed by atoms with E-state index >= 15 is 0 Å². The number of fused-ring (bicyclic) bond motifs is 1. The van der Waals surface area contributed by atoms with Gasteiger partial charge in [-0.15, -0.1) is 0 Å². The highest BCUT2D eigenvalue weighted by Crippen LogP contribution is 2.37. The molecule has 0 unspecified atom stereocenters. The minimum atomic E-state index is -0.335. The van der Waals surface area contributed by atoms with E-state index in [1.54, 1.807) is 18.2 Å². The summed E-state index contributed by atoms with van der Waals surface area (Å²) < 4.78 is 5.97. The van der Waals surface area contributed by atoms with E-state index in [4.69, 9.17) is 10.5 Å². The number of carbonyl (C=O) groups excluding carboxylic acids is 1. The van der Waals surface area contributed by atoms with Crippen molar-refractivity contribution >= 4 is 11.5 Å². The van der Waals surface area contributed by atoms with Gasteiger partial charge in [0.25, 0.3) is 0 Å². The Labute approximate surface area is 95.6 Å². The monoisotopic (exact) mass is 219 g/mol. The van der Waals surface area contributed by atoms with E-state index in [9.17, 15) is 4.79 Å². The summed E-state index contributed by atoms with van der Waals surface area (Å²) in [5.74, 6) is 0.796. The molecular weight excluding hydrogens is 202 g/mol. The number of hydrogen-bond acceptors (Lipinski definition) is 3. The van der Waals surface area contributed by atoms with Crippen molar-refractivity contribution in [1.82, 2.24) is 0 Å². The molecule has 2 rings (SSSR count). The SMILES string of the molecule is CCC1(CC)CC(=O)c2ccc(N)cc2O1. The van der Waals surface area contributed by atoms with Crippen molar-refractivity contribution in [2.75, 3.05) is 5.73 Å². The van der Waals surface area contributed by atoms with Crippen molar-refractivity contribution < 1.29 is 9.53 Å². The average Bonchev–Trinajstić information content (AvgIpc) is 2.28. The minimum Gasteiger partial charge on any atom is -0.486 e. The number of nitrogens with two attached hydrogens (primary N) is 1. The lowest BCUT2D eigenvalue weighted by Gasteiger charge is -2.36. The lowest BCUT2D eigenvalue weighted by Crippen LogP contribution is -2.40. The number of carbonyl (C=O) groups is 1. The smallest absolute Gasteiger partial charge is 0.170 e. The van der Waals surface area contributed by atoms with Gasteiger partial charge in [0.2, 0.25) is 0 Å². The van der Waals surface area contributed by atoms with Crippen LogP contribution in [0.15, 0.2) is 18.2 Å². The first-order chi connectivity index (χ1) is 7.60. The van der Waals surface area contributed by atoms with Gasteiger partial charge in [0.15, 0.2) is 5.78 Å². The number of benzene rings is 1. The van der Waals surface area contributed by atoms with Crippen LogP contribution in [0.1, 0.15) is 43.5 Å². The van der Waals surface area contributed by atoms with E-state index in [0.717, 1.165) is 12.8 Å². The zero-order valence-electron chi connectivity index (χ0n) is 9.75. The number of rotatable bonds is 2. The van der Waals surface area contributed by atoms with Crippen LogP contribution in [-0.2, 0) is 0 Å². The van der Waals surface area contributed by atoms with Crippen LogP contribution in [0.3, 0.4) is 0 Å². The molecule has 1 heterocycles. The van der Waals surface area contributed by atoms with Crippen LogP contribution in [0.4, 0.5) is 5.69 Å². The lowest BCUT2D eigenvalue weighted by molar-refractivity contribution is 0.0350. The number of Topliss-reactive ketones (excluding diaryl/α,β-unsaturated/α-hetero) is 1. The lowest BCUT2D eigenvalue weighted by atomic mass is 9.86. The van der Waals surface area contributed by atoms with Crippen LogP contribution in [0, 0.1) is 0 Å². The zero-order chi connectivity index (χ0) is 11.8. The molecule has 86 valence electrons. The third kappa shape index (κ3) is 1.66. The maximum absolute atomic E-state index is 12.0. The standard InChI is InChI=1S/C13H17NO2/c1-3-13(4-2)8-11(15)10-6-5-9(14)7-12(10)16-13/h5-7H,3-4,8,14H2,1-2H3. The van der Waals surface area contributed by atoms with Crippen LogP contribution in [0.2, 0.25) is 0 Å². The van der Waals surface area contributed by atoms with Gasteiger partial charge in [-0.1, -0.05) is 13.8 Å². The number of ether oxygens (including phenoxy) is 1. The number of anilines is 1. The Kier molecular flexibility index (Phi) is 2.62. The predicted octanol–water partition coefficient (Wildman–Crippen LogP) is 2.79. The first kappa shape index (κ1) is 11.0. The van der Waals surface area contributed by atoms with E-state index in [0.29, 0.717) is 23.4 Å². The quantitative estimate of drug-likeness (QED) is 0.778. The molecule has 2 N–H and O–H groups in total. The molecule has 16 heavy (non-hydrogen) atoms. The number of nitrogen functional groups attached to an aromatic ring is 1. The third-order valence-corrected chi connectivity index (χ3v) is 3.40. The Morgan fingerprint density at radius 3 is 2.69 bits per heavy atom. The van der Waals surface area contributed by atoms with Gasteiger partial charge >= 0.3 is 0 Å². The van der Waals surface area contributed by atoms with Crippen LogP contribution < -0.4 is 10.5 Å². The van der Waals surface area contributed by atoms with Crippen molar-refractivity contribution in [2.24, 2.45) is 0 Å². The van der Waals surface area contributed by atoms with E-state index in [-0.39, 0.29) is 11.4 Å². The molecule has 3 nitrogen and oxygen atoms in total. The van der Waals surface area contributed by atoms with Crippen molar-refractivity contribution in [3.8, 4) is 5.75 Å². The van der Waals surface area contributed by atoms with Crippen LogP contribution >= 0.6 is 0 Å². The molecule has 1 aliphatic rings. The van der Waals surface area contributed by atoms with Crippen molar-refractivity contribution in [3.63, 3.8) is 0 Å². The summed E-state index contributed by atoms with van der Waals surface area (Å²) in [7, 11) is 0. The van der Waals surface area contributed by atoms with Crippen LogP contribution in [0.25, 0.3) is 0 Å². The minimum absolute atomic E-state index is 0.157. The highest BCUT2D eigenvalue weighted by Gasteiger charge is 2.37. The molecule has 0 saturated heterocycles. The topological polar surface area (TPSA) is 52.3 Å². The van der Waals surface area contributed by atoms with Crippen molar-refractivity contribution in [1.29, 1.82) is 0 Å². The summed E-state index contributed by atoms with van der Waals surface area (Å²) in [4.78, 5) is 12.0. The average molecular weight is 219 g/mol. The molecule has 0 spiro atoms. The summed E-state index contributed by atoms with van der Waals surface area (Å²) in [6.07, 6.45) is 2.14. The molecule has 0 radical (unpaired) electrons. The first-order valence-electron chi connectivity index (χ1n) is 5.72. The highest BCUT2D eigenvalue weighted by molar-refractivity contribution is 6.00. The molecule has 0 fully saturated rings. The van der Waals surface area contributed by atoms with Gasteiger partial charge in [-0.05, 0) is 25.0 Å². The van der Waals surface area contributed by atoms with Crippen molar-refractivity contribution in [2.45, 2.75) is 38.7 Å². The van der Waals surface area contributed by atoms with Crippen molar-refractivity contribution in [3.05, 3.63) is 23.8 Å². The number of hydrogen-bond donors (Lipinski definition) is 1. The van der Waals surface area contributed by atoms with Gasteiger partial charge in [0, 0.05) is 11.8 Å². The second-order valence-corrected chi connectivity index (χ2v) is 4.35. The van der Waals surface area contributed by atoms with Gasteiger partial charge in [0.05, 0.1) is 12.0 Å². The van der Waals surface area contributed by atoms with Gasteiger partial charge in [-0.25, -0.2) is 0 Å². The maximum Gasteiger partial charge on any atom is 0.170 e. The summed E-state index contributed by atoms with van der Waals surface area (Å²) in [5, 5.41) is 0. The molecule has 1 aromatic rings. The Morgan fingerprint density at radius 2 is 2.06 bits per heavy atom. The van der Waals surface area contributed by atoms with E-state index in [1.807, 2.05) is 13.8 Å². The Balaban J connectivity index is 2.45. The fraction of sp³-hybridized carbons (Fsp3) is 0.462. The largest absolute Gasteiger partial charge is 0.486 e. The molecule has 1 aliphatic heterocycles. The van der Waals surface area contributed by atoms with E-state index < -0.39 is 0 Å². The molecule has 0 aliphatic carbocycles. The first-order valence-corrected chi connectivity index (χ1v) is 5.72. The van der Waals surface area contributed by atoms with E-state index in [2.05, 4.69) is 0 Å².